The smallest absolute Gasteiger partial charge is 0.344 e. The highest BCUT2D eigenvalue weighted by Gasteiger charge is 2.32. The van der Waals surface area contributed by atoms with E-state index in [9.17, 15) is 9.59 Å². The Balaban J connectivity index is 1.93. The van der Waals surface area contributed by atoms with Crippen LogP contribution in [0.2, 0.25) is 0 Å². The first-order valence-corrected chi connectivity index (χ1v) is 9.51. The Morgan fingerprint density at radius 3 is 2.57 bits per heavy atom. The van der Waals surface area contributed by atoms with E-state index in [0.29, 0.717) is 30.4 Å². The zero-order valence-corrected chi connectivity index (χ0v) is 16.5. The molecule has 1 heterocycles. The van der Waals surface area contributed by atoms with Gasteiger partial charge in [0.2, 0.25) is 0 Å². The molecule has 28 heavy (non-hydrogen) atoms. The molecule has 0 aromatic heterocycles. The van der Waals surface area contributed by atoms with Gasteiger partial charge in [0, 0.05) is 23.2 Å². The molecule has 1 aliphatic rings. The van der Waals surface area contributed by atoms with Gasteiger partial charge in [-0.1, -0.05) is 50.2 Å². The Bertz CT molecular complexity index is 901. The van der Waals surface area contributed by atoms with Gasteiger partial charge in [-0.05, 0) is 31.1 Å². The summed E-state index contributed by atoms with van der Waals surface area (Å²) < 4.78 is 10.5. The third-order valence-corrected chi connectivity index (χ3v) is 4.38. The molecule has 0 unspecified atom stereocenters. The molecular weight excluding hydrogens is 354 g/mol. The van der Waals surface area contributed by atoms with Crippen LogP contribution in [0, 0.1) is 5.92 Å². The molecule has 1 amide bonds. The molecule has 0 atom stereocenters. The molecule has 0 radical (unpaired) electrons. The van der Waals surface area contributed by atoms with E-state index in [0.717, 1.165) is 16.8 Å². The molecule has 0 aliphatic carbocycles. The van der Waals surface area contributed by atoms with Crippen molar-refractivity contribution < 1.29 is 19.1 Å². The lowest BCUT2D eigenvalue weighted by atomic mass is 10.0. The van der Waals surface area contributed by atoms with Gasteiger partial charge >= 0.3 is 5.97 Å². The average Bonchev–Trinajstić information content (AvgIpc) is 2.93. The molecule has 1 aliphatic heterocycles. The van der Waals surface area contributed by atoms with Gasteiger partial charge in [-0.3, -0.25) is 4.79 Å². The predicted molar refractivity (Wildman–Crippen MR) is 110 cm³/mol. The van der Waals surface area contributed by atoms with Gasteiger partial charge in [0.15, 0.2) is 6.61 Å². The zero-order chi connectivity index (χ0) is 20.1. The van der Waals surface area contributed by atoms with Crippen LogP contribution in [0.15, 0.2) is 48.5 Å². The second-order valence-electron chi connectivity index (χ2n) is 7.02. The lowest BCUT2D eigenvalue weighted by Gasteiger charge is -2.19. The normalized spacial score (nSPS) is 14.5. The number of hydrogen-bond donors (Lipinski definition) is 0. The zero-order valence-electron chi connectivity index (χ0n) is 16.5. The van der Waals surface area contributed by atoms with Crippen LogP contribution < -0.4 is 9.64 Å². The van der Waals surface area contributed by atoms with Gasteiger partial charge < -0.3 is 14.4 Å². The molecular formula is C23H25NO4. The van der Waals surface area contributed by atoms with Crippen molar-refractivity contribution in [2.24, 2.45) is 5.92 Å². The fraction of sp³-hybridized carbons (Fsp3) is 0.304. The van der Waals surface area contributed by atoms with Gasteiger partial charge in [-0.2, -0.15) is 0 Å². The molecule has 0 fully saturated rings. The molecule has 0 bridgehead atoms. The highest BCUT2D eigenvalue weighted by molar-refractivity contribution is 6.35. The van der Waals surface area contributed by atoms with Crippen LogP contribution in [-0.2, 0) is 14.3 Å². The number of ether oxygens (including phenoxy) is 2. The molecule has 0 spiro atoms. The first-order chi connectivity index (χ1) is 13.5. The largest absolute Gasteiger partial charge is 0.481 e. The Morgan fingerprint density at radius 2 is 1.82 bits per heavy atom. The van der Waals surface area contributed by atoms with Crippen LogP contribution in [0.25, 0.3) is 11.6 Å². The Labute approximate surface area is 165 Å². The number of para-hydroxylation sites is 2. The molecule has 0 saturated heterocycles. The number of carbonyl (C=O) groups excluding carboxylic acids is 2. The van der Waals surface area contributed by atoms with Crippen molar-refractivity contribution >= 4 is 29.2 Å². The molecule has 146 valence electrons. The van der Waals surface area contributed by atoms with Crippen LogP contribution in [0.1, 0.15) is 31.9 Å². The SMILES string of the molecule is CCOC(=O)COc1ccccc1/C=C1\C(=O)N(CC(C)C)c2ccccc21. The number of fused-ring (bicyclic) bond motifs is 1. The summed E-state index contributed by atoms with van der Waals surface area (Å²) in [4.78, 5) is 26.5. The Morgan fingerprint density at radius 1 is 1.11 bits per heavy atom. The van der Waals surface area contributed by atoms with Gasteiger partial charge in [0.1, 0.15) is 5.75 Å². The number of nitrogens with zero attached hydrogens (tertiary/aromatic N) is 1. The summed E-state index contributed by atoms with van der Waals surface area (Å²) in [6, 6.07) is 15.2. The van der Waals surface area contributed by atoms with Gasteiger partial charge in [0.25, 0.3) is 5.91 Å². The maximum atomic E-state index is 13.1. The number of carbonyl (C=O) groups is 2. The number of benzene rings is 2. The first-order valence-electron chi connectivity index (χ1n) is 9.51. The fourth-order valence-corrected chi connectivity index (χ4v) is 3.22. The standard InChI is InChI=1S/C23H25NO4/c1-4-27-22(25)15-28-21-12-8-5-9-17(21)13-19-18-10-6-7-11-20(18)24(23(19)26)14-16(2)3/h5-13,16H,4,14-15H2,1-3H3/b19-13-. The lowest BCUT2D eigenvalue weighted by molar-refractivity contribution is -0.145. The summed E-state index contributed by atoms with van der Waals surface area (Å²) in [5.41, 5.74) is 3.21. The molecule has 5 heteroatoms. The maximum absolute atomic E-state index is 13.1. The summed E-state index contributed by atoms with van der Waals surface area (Å²) in [7, 11) is 0. The molecule has 2 aromatic rings. The summed E-state index contributed by atoms with van der Waals surface area (Å²) in [6.07, 6.45) is 1.84. The van der Waals surface area contributed by atoms with Crippen molar-refractivity contribution in [2.45, 2.75) is 20.8 Å². The molecule has 0 N–H and O–H groups in total. The van der Waals surface area contributed by atoms with E-state index in [2.05, 4.69) is 13.8 Å². The van der Waals surface area contributed by atoms with Crippen molar-refractivity contribution in [1.82, 2.24) is 0 Å². The summed E-state index contributed by atoms with van der Waals surface area (Å²) in [5, 5.41) is 0. The number of esters is 1. The molecule has 2 aromatic carbocycles. The van der Waals surface area contributed by atoms with E-state index < -0.39 is 5.97 Å². The number of hydrogen-bond acceptors (Lipinski definition) is 4. The third-order valence-electron chi connectivity index (χ3n) is 4.38. The van der Waals surface area contributed by atoms with E-state index in [4.69, 9.17) is 9.47 Å². The topological polar surface area (TPSA) is 55.8 Å². The molecule has 3 rings (SSSR count). The van der Waals surface area contributed by atoms with E-state index in [-0.39, 0.29) is 12.5 Å². The minimum atomic E-state index is -0.421. The quantitative estimate of drug-likeness (QED) is 0.535. The molecule has 0 saturated carbocycles. The van der Waals surface area contributed by atoms with Crippen LogP contribution in [0.5, 0.6) is 5.75 Å². The van der Waals surface area contributed by atoms with Crippen LogP contribution in [0.4, 0.5) is 5.69 Å². The summed E-state index contributed by atoms with van der Waals surface area (Å²) >= 11 is 0. The van der Waals surface area contributed by atoms with Crippen molar-refractivity contribution in [2.75, 3.05) is 24.7 Å². The average molecular weight is 379 g/mol. The first kappa shape index (κ1) is 19.7. The minimum Gasteiger partial charge on any atom is -0.481 e. The lowest BCUT2D eigenvalue weighted by Crippen LogP contribution is -2.30. The van der Waals surface area contributed by atoms with E-state index >= 15 is 0 Å². The predicted octanol–water partition coefficient (Wildman–Crippen LogP) is 4.17. The minimum absolute atomic E-state index is 0.0184. The molecule has 5 nitrogen and oxygen atoms in total. The third kappa shape index (κ3) is 4.25. The highest BCUT2D eigenvalue weighted by Crippen LogP contribution is 2.38. The van der Waals surface area contributed by atoms with Crippen LogP contribution in [-0.4, -0.2) is 31.6 Å². The van der Waals surface area contributed by atoms with E-state index in [1.54, 1.807) is 13.0 Å². The second kappa shape index (κ2) is 8.74. The van der Waals surface area contributed by atoms with E-state index in [1.165, 1.54) is 0 Å². The van der Waals surface area contributed by atoms with Gasteiger partial charge in [-0.25, -0.2) is 4.79 Å². The van der Waals surface area contributed by atoms with Crippen molar-refractivity contribution in [3.05, 3.63) is 59.7 Å². The fourth-order valence-electron chi connectivity index (χ4n) is 3.22. The Kier molecular flexibility index (Phi) is 6.14. The van der Waals surface area contributed by atoms with Crippen molar-refractivity contribution in [3.63, 3.8) is 0 Å². The van der Waals surface area contributed by atoms with Crippen LogP contribution in [0.3, 0.4) is 0 Å². The summed E-state index contributed by atoms with van der Waals surface area (Å²) in [5.74, 6) is 0.456. The maximum Gasteiger partial charge on any atom is 0.344 e. The van der Waals surface area contributed by atoms with Crippen molar-refractivity contribution in [1.29, 1.82) is 0 Å². The monoisotopic (exact) mass is 379 g/mol. The number of anilines is 1. The van der Waals surface area contributed by atoms with Crippen LogP contribution >= 0.6 is 0 Å². The highest BCUT2D eigenvalue weighted by atomic mass is 16.6. The van der Waals surface area contributed by atoms with Crippen molar-refractivity contribution in [3.8, 4) is 5.75 Å². The summed E-state index contributed by atoms with van der Waals surface area (Å²) in [6.45, 7) is 6.74. The second-order valence-corrected chi connectivity index (χ2v) is 7.02. The number of rotatable bonds is 7. The van der Waals surface area contributed by atoms with E-state index in [1.807, 2.05) is 53.4 Å². The Hall–Kier alpha value is -3.08. The van der Waals surface area contributed by atoms with Gasteiger partial charge in [0.05, 0.1) is 12.3 Å². The number of amides is 1. The van der Waals surface area contributed by atoms with Gasteiger partial charge in [-0.15, -0.1) is 0 Å².